The molecule has 0 aromatic heterocycles. The SMILES string of the molecule is CC1C[C@H](C)[C@H](O)[C@@H](C)[C@H](O)[C@@H](C)C(=O)O[C@@H](C)[C@@H](C)C1=O.CC[C@@H]1OC(=O)[C@H](C)[C@@H](O)[C@H](C)[C@@H](O)[C@@H](C)CC(C)C(=O)[C@@H]1C. The smallest absolute Gasteiger partial charge is 0.311 e. The van der Waals surface area contributed by atoms with E-state index in [1.54, 1.807) is 48.5 Å². The van der Waals surface area contributed by atoms with Crippen molar-refractivity contribution in [2.45, 2.75) is 139 Å². The molecule has 10 nitrogen and oxygen atoms in total. The number of aliphatic hydroxyl groups excluding tert-OH is 4. The van der Waals surface area contributed by atoms with Crippen molar-refractivity contribution in [1.29, 1.82) is 0 Å². The van der Waals surface area contributed by atoms with E-state index >= 15 is 0 Å². The third-order valence-electron chi connectivity index (χ3n) is 10.6. The number of cyclic esters (lactones) is 2. The molecule has 0 radical (unpaired) electrons. The summed E-state index contributed by atoms with van der Waals surface area (Å²) in [5.74, 6) is -4.83. The molecule has 2 aliphatic rings. The minimum absolute atomic E-state index is 0.0424. The topological polar surface area (TPSA) is 168 Å². The second kappa shape index (κ2) is 17.9. The zero-order valence-corrected chi connectivity index (χ0v) is 29.6. The fourth-order valence-electron chi connectivity index (χ4n) is 6.76. The third kappa shape index (κ3) is 10.6. The number of hydrogen-bond acceptors (Lipinski definition) is 10. The molecule has 2 unspecified atom stereocenters. The van der Waals surface area contributed by atoms with Crippen LogP contribution in [0.2, 0.25) is 0 Å². The lowest BCUT2D eigenvalue weighted by Crippen LogP contribution is -2.44. The highest BCUT2D eigenvalue weighted by Gasteiger charge is 2.40. The Bertz CT molecular complexity index is 983. The number of carbonyl (C=O) groups is 4. The van der Waals surface area contributed by atoms with Crippen LogP contribution in [0.25, 0.3) is 0 Å². The predicted molar refractivity (Wildman–Crippen MR) is 171 cm³/mol. The van der Waals surface area contributed by atoms with E-state index in [4.69, 9.17) is 9.47 Å². The normalized spacial score (nSPS) is 44.9. The van der Waals surface area contributed by atoms with Gasteiger partial charge in [-0.3, -0.25) is 19.2 Å². The summed E-state index contributed by atoms with van der Waals surface area (Å²) >= 11 is 0. The molecule has 0 bridgehead atoms. The summed E-state index contributed by atoms with van der Waals surface area (Å²) in [5, 5.41) is 41.6. The minimum Gasteiger partial charge on any atom is -0.462 e. The maximum Gasteiger partial charge on any atom is 0.311 e. The van der Waals surface area contributed by atoms with Gasteiger partial charge in [0.05, 0.1) is 48.1 Å². The fourth-order valence-corrected chi connectivity index (χ4v) is 6.76. The Morgan fingerprint density at radius 2 is 0.889 bits per heavy atom. The number of aliphatic hydroxyl groups is 4. The van der Waals surface area contributed by atoms with Crippen molar-refractivity contribution in [3.8, 4) is 0 Å². The Kier molecular flexibility index (Phi) is 16.3. The van der Waals surface area contributed by atoms with Gasteiger partial charge in [0, 0.05) is 23.7 Å². The van der Waals surface area contributed by atoms with E-state index in [0.29, 0.717) is 19.3 Å². The molecule has 0 aromatic rings. The van der Waals surface area contributed by atoms with E-state index in [-0.39, 0.29) is 41.2 Å². The lowest BCUT2D eigenvalue weighted by molar-refractivity contribution is -0.166. The lowest BCUT2D eigenvalue weighted by atomic mass is 9.78. The standard InChI is InChI=1S/C18H32O5.C17H30O5/c1-7-14-11(4)15(19)9(2)8-10(3)16(20)12(5)17(21)13(6)18(22)23-14;1-8-7-9(2)15(19)11(4)16(20)12(5)17(21)22-13(6)10(3)14(8)18/h9-14,16-17,20-21H,7-8H2,1-6H3;8-13,15-16,19-20H,7H2,1-6H3/t9?,10-,11+,12+,13+,14-,16-,17-;8?,9-,10+,11+,12+,13-,15-,16-/m00/s1. The first-order valence-electron chi connectivity index (χ1n) is 16.9. The first kappa shape index (κ1) is 41.1. The first-order valence-corrected chi connectivity index (χ1v) is 16.9. The average molecular weight is 643 g/mol. The highest BCUT2D eigenvalue weighted by molar-refractivity contribution is 5.84. The van der Waals surface area contributed by atoms with E-state index in [1.807, 2.05) is 34.6 Å². The summed E-state index contributed by atoms with van der Waals surface area (Å²) in [6.45, 7) is 21.2. The van der Waals surface area contributed by atoms with Crippen LogP contribution in [0.1, 0.15) is 102 Å². The molecule has 16 atom stereocenters. The monoisotopic (exact) mass is 642 g/mol. The number of Topliss-reactive ketones (excluding diaryl/α,β-unsaturated/α-hetero) is 2. The Balaban J connectivity index is 0.000000450. The zero-order valence-electron chi connectivity index (χ0n) is 29.6. The van der Waals surface area contributed by atoms with Gasteiger partial charge in [-0.25, -0.2) is 0 Å². The van der Waals surface area contributed by atoms with Crippen LogP contribution in [0, 0.1) is 59.2 Å². The first-order chi connectivity index (χ1) is 20.7. The Morgan fingerprint density at radius 1 is 0.533 bits per heavy atom. The largest absolute Gasteiger partial charge is 0.462 e. The van der Waals surface area contributed by atoms with Crippen LogP contribution in [-0.4, -0.2) is 80.6 Å². The number of ketones is 2. The van der Waals surface area contributed by atoms with Crippen molar-refractivity contribution in [3.05, 3.63) is 0 Å². The quantitative estimate of drug-likeness (QED) is 0.307. The highest BCUT2D eigenvalue weighted by atomic mass is 16.5. The molecular formula is C35H62O10. The number of hydrogen-bond donors (Lipinski definition) is 4. The van der Waals surface area contributed by atoms with Crippen molar-refractivity contribution < 1.29 is 49.1 Å². The van der Waals surface area contributed by atoms with E-state index in [0.717, 1.165) is 0 Å². The summed E-state index contributed by atoms with van der Waals surface area (Å²) in [6.07, 6.45) is -2.82. The van der Waals surface area contributed by atoms with E-state index < -0.39 is 78.2 Å². The Morgan fingerprint density at radius 3 is 1.27 bits per heavy atom. The fraction of sp³-hybridized carbons (Fsp3) is 0.886. The van der Waals surface area contributed by atoms with Crippen LogP contribution in [-0.2, 0) is 28.7 Å². The Labute approximate surface area is 270 Å². The van der Waals surface area contributed by atoms with Gasteiger partial charge < -0.3 is 29.9 Å². The minimum atomic E-state index is -0.974. The van der Waals surface area contributed by atoms with E-state index in [9.17, 15) is 39.6 Å². The molecule has 2 aliphatic heterocycles. The van der Waals surface area contributed by atoms with Gasteiger partial charge in [-0.1, -0.05) is 62.3 Å². The number of rotatable bonds is 1. The molecule has 0 spiro atoms. The lowest BCUT2D eigenvalue weighted by Gasteiger charge is -2.34. The second-order valence-corrected chi connectivity index (χ2v) is 14.4. The number of ether oxygens (including phenoxy) is 2. The van der Waals surface area contributed by atoms with E-state index in [2.05, 4.69) is 0 Å². The zero-order chi connectivity index (χ0) is 35.1. The van der Waals surface area contributed by atoms with Gasteiger partial charge in [-0.05, 0) is 51.9 Å². The molecule has 0 aromatic carbocycles. The number of esters is 2. The molecule has 0 saturated carbocycles. The van der Waals surface area contributed by atoms with Gasteiger partial charge in [-0.15, -0.1) is 0 Å². The van der Waals surface area contributed by atoms with Crippen LogP contribution < -0.4 is 0 Å². The molecule has 262 valence electrons. The third-order valence-corrected chi connectivity index (χ3v) is 10.6. The van der Waals surface area contributed by atoms with Gasteiger partial charge in [-0.2, -0.15) is 0 Å². The van der Waals surface area contributed by atoms with Gasteiger partial charge in [0.25, 0.3) is 0 Å². The van der Waals surface area contributed by atoms with Gasteiger partial charge in [0.1, 0.15) is 23.8 Å². The van der Waals surface area contributed by atoms with Gasteiger partial charge in [0.15, 0.2) is 0 Å². The van der Waals surface area contributed by atoms with Crippen LogP contribution in [0.5, 0.6) is 0 Å². The molecule has 45 heavy (non-hydrogen) atoms. The molecule has 2 fully saturated rings. The predicted octanol–water partition coefficient (Wildman–Crippen LogP) is 3.98. The van der Waals surface area contributed by atoms with Gasteiger partial charge in [0.2, 0.25) is 0 Å². The van der Waals surface area contributed by atoms with E-state index in [1.165, 1.54) is 0 Å². The molecule has 2 heterocycles. The highest BCUT2D eigenvalue weighted by Crippen LogP contribution is 2.31. The molecule has 2 saturated heterocycles. The maximum absolute atomic E-state index is 12.6. The summed E-state index contributed by atoms with van der Waals surface area (Å²) in [4.78, 5) is 49.5. The van der Waals surface area contributed by atoms with Crippen molar-refractivity contribution in [1.82, 2.24) is 0 Å². The summed E-state index contributed by atoms with van der Waals surface area (Å²) in [7, 11) is 0. The summed E-state index contributed by atoms with van der Waals surface area (Å²) in [5.41, 5.74) is 0. The summed E-state index contributed by atoms with van der Waals surface area (Å²) < 4.78 is 10.8. The molecule has 4 N–H and O–H groups in total. The van der Waals surface area contributed by atoms with Gasteiger partial charge >= 0.3 is 11.9 Å². The molecule has 0 aliphatic carbocycles. The van der Waals surface area contributed by atoms with Crippen LogP contribution in [0.3, 0.4) is 0 Å². The summed E-state index contributed by atoms with van der Waals surface area (Å²) in [6, 6.07) is 0. The second-order valence-electron chi connectivity index (χ2n) is 14.4. The Hall–Kier alpha value is -1.88. The van der Waals surface area contributed by atoms with Crippen molar-refractivity contribution in [2.24, 2.45) is 59.2 Å². The molecular weight excluding hydrogens is 580 g/mol. The molecule has 2 rings (SSSR count). The van der Waals surface area contributed by atoms with Crippen LogP contribution >= 0.6 is 0 Å². The van der Waals surface area contributed by atoms with Crippen molar-refractivity contribution >= 4 is 23.5 Å². The van der Waals surface area contributed by atoms with Crippen molar-refractivity contribution in [2.75, 3.05) is 0 Å². The van der Waals surface area contributed by atoms with Crippen LogP contribution in [0.15, 0.2) is 0 Å². The maximum atomic E-state index is 12.6. The molecule has 10 heteroatoms. The van der Waals surface area contributed by atoms with Crippen molar-refractivity contribution in [3.63, 3.8) is 0 Å². The molecule has 0 amide bonds. The number of carbonyl (C=O) groups excluding carboxylic acids is 4. The average Bonchev–Trinajstić information content (AvgIpc) is 3.01. The van der Waals surface area contributed by atoms with Crippen LogP contribution in [0.4, 0.5) is 0 Å².